The molecular formula is C12H16BrCl2N3OS2. The van der Waals surface area contributed by atoms with Crippen molar-refractivity contribution in [2.75, 3.05) is 20.1 Å². The molecule has 2 N–H and O–H groups in total. The Balaban J connectivity index is 0.00000200. The molecule has 0 spiro atoms. The van der Waals surface area contributed by atoms with Gasteiger partial charge in [-0.3, -0.25) is 4.79 Å². The van der Waals surface area contributed by atoms with Crippen LogP contribution in [0.2, 0.25) is 0 Å². The summed E-state index contributed by atoms with van der Waals surface area (Å²) in [6, 6.07) is 2.04. The second-order valence-corrected chi connectivity index (χ2v) is 6.59. The van der Waals surface area contributed by atoms with Crippen LogP contribution in [0.25, 0.3) is 9.88 Å². The SMILES string of the molecule is CNCCNC(=O)Cc1csc(-c2cc(Br)cs2)n1.Cl.Cl. The fourth-order valence-corrected chi connectivity index (χ4v) is 3.81. The average molecular weight is 433 g/mol. The molecule has 0 aromatic carbocycles. The van der Waals surface area contributed by atoms with Crippen LogP contribution in [0.15, 0.2) is 21.3 Å². The van der Waals surface area contributed by atoms with Gasteiger partial charge in [-0.25, -0.2) is 4.98 Å². The first-order chi connectivity index (χ1) is 9.19. The Hall–Kier alpha value is -0.180. The molecule has 4 nitrogen and oxygen atoms in total. The molecule has 0 fully saturated rings. The van der Waals surface area contributed by atoms with E-state index in [9.17, 15) is 4.79 Å². The van der Waals surface area contributed by atoms with Crippen molar-refractivity contribution in [3.05, 3.63) is 27.0 Å². The van der Waals surface area contributed by atoms with Crippen LogP contribution in [0.4, 0.5) is 0 Å². The maximum Gasteiger partial charge on any atom is 0.226 e. The Bertz CT molecular complexity index is 562. The van der Waals surface area contributed by atoms with Crippen LogP contribution in [-0.2, 0) is 11.2 Å². The predicted molar refractivity (Wildman–Crippen MR) is 98.3 cm³/mol. The zero-order chi connectivity index (χ0) is 13.7. The van der Waals surface area contributed by atoms with Crippen LogP contribution in [0.1, 0.15) is 5.69 Å². The largest absolute Gasteiger partial charge is 0.354 e. The lowest BCUT2D eigenvalue weighted by molar-refractivity contribution is -0.120. The van der Waals surface area contributed by atoms with Gasteiger partial charge in [0.15, 0.2) is 0 Å². The zero-order valence-electron chi connectivity index (χ0n) is 11.2. The Labute approximate surface area is 152 Å². The predicted octanol–water partition coefficient (Wildman–Crippen LogP) is 3.36. The van der Waals surface area contributed by atoms with Crippen LogP contribution >= 0.6 is 63.4 Å². The smallest absolute Gasteiger partial charge is 0.226 e. The summed E-state index contributed by atoms with van der Waals surface area (Å²) >= 11 is 6.65. The van der Waals surface area contributed by atoms with Crippen LogP contribution in [0, 0.1) is 0 Å². The quantitative estimate of drug-likeness (QED) is 0.688. The van der Waals surface area contributed by atoms with Gasteiger partial charge < -0.3 is 10.6 Å². The monoisotopic (exact) mass is 431 g/mol. The van der Waals surface area contributed by atoms with Gasteiger partial charge in [-0.1, -0.05) is 0 Å². The van der Waals surface area contributed by atoms with Crippen molar-refractivity contribution in [3.8, 4) is 9.88 Å². The number of thiazole rings is 1. The minimum absolute atomic E-state index is 0. The normalized spacial score (nSPS) is 9.62. The summed E-state index contributed by atoms with van der Waals surface area (Å²) in [6.45, 7) is 1.42. The molecule has 2 rings (SSSR count). The van der Waals surface area contributed by atoms with Gasteiger partial charge in [0, 0.05) is 28.3 Å². The molecule has 2 heterocycles. The number of hydrogen-bond acceptors (Lipinski definition) is 5. The molecule has 0 bridgehead atoms. The molecule has 0 saturated heterocycles. The maximum atomic E-state index is 11.7. The van der Waals surface area contributed by atoms with E-state index in [1.807, 2.05) is 23.9 Å². The zero-order valence-corrected chi connectivity index (χ0v) is 16.1. The highest BCUT2D eigenvalue weighted by Gasteiger charge is 2.10. The highest BCUT2D eigenvalue weighted by atomic mass is 79.9. The van der Waals surface area contributed by atoms with Crippen LogP contribution < -0.4 is 10.6 Å². The summed E-state index contributed by atoms with van der Waals surface area (Å²) in [5, 5.41) is 10.8. The third-order valence-electron chi connectivity index (χ3n) is 2.37. The fourth-order valence-electron chi connectivity index (χ4n) is 1.48. The minimum atomic E-state index is 0. The fraction of sp³-hybridized carbons (Fsp3) is 0.333. The van der Waals surface area contributed by atoms with E-state index in [1.54, 1.807) is 22.7 Å². The number of likely N-dealkylation sites (N-methyl/N-ethyl adjacent to an activating group) is 1. The summed E-state index contributed by atoms with van der Waals surface area (Å²) < 4.78 is 1.06. The maximum absolute atomic E-state index is 11.7. The molecule has 0 aliphatic rings. The standard InChI is InChI=1S/C12H14BrN3OS2.2ClH/c1-14-2-3-15-11(17)5-9-7-19-12(16-9)10-4-8(13)6-18-10;;/h4,6-7,14H,2-3,5H2,1H3,(H,15,17);2*1H. The number of amides is 1. The van der Waals surface area contributed by atoms with E-state index < -0.39 is 0 Å². The summed E-state index contributed by atoms with van der Waals surface area (Å²) in [5.41, 5.74) is 0.825. The van der Waals surface area contributed by atoms with Crippen LogP contribution in [0.5, 0.6) is 0 Å². The Morgan fingerprint density at radius 3 is 2.67 bits per heavy atom. The molecule has 0 atom stereocenters. The third kappa shape index (κ3) is 6.63. The Morgan fingerprint density at radius 2 is 2.05 bits per heavy atom. The Morgan fingerprint density at radius 1 is 1.29 bits per heavy atom. The third-order valence-corrected chi connectivity index (χ3v) is 5.12. The highest BCUT2D eigenvalue weighted by Crippen LogP contribution is 2.31. The van der Waals surface area contributed by atoms with Crippen molar-refractivity contribution in [1.82, 2.24) is 15.6 Å². The number of carbonyl (C=O) groups excluding carboxylic acids is 1. The van der Waals surface area contributed by atoms with E-state index in [-0.39, 0.29) is 30.7 Å². The van der Waals surface area contributed by atoms with Crippen molar-refractivity contribution in [2.24, 2.45) is 0 Å². The van der Waals surface area contributed by atoms with E-state index in [4.69, 9.17) is 0 Å². The van der Waals surface area contributed by atoms with Gasteiger partial charge in [-0.15, -0.1) is 47.5 Å². The number of hydrogen-bond donors (Lipinski definition) is 2. The Kier molecular flexibility index (Phi) is 10.4. The topological polar surface area (TPSA) is 54.0 Å². The van der Waals surface area contributed by atoms with Gasteiger partial charge in [0.1, 0.15) is 5.01 Å². The molecule has 0 unspecified atom stereocenters. The average Bonchev–Trinajstić information content (AvgIpc) is 2.98. The number of halogens is 3. The number of carbonyl (C=O) groups is 1. The summed E-state index contributed by atoms with van der Waals surface area (Å²) in [7, 11) is 1.86. The lowest BCUT2D eigenvalue weighted by Crippen LogP contribution is -2.31. The molecule has 1 amide bonds. The number of thiophene rings is 1. The van der Waals surface area contributed by atoms with Crippen molar-refractivity contribution in [2.45, 2.75) is 6.42 Å². The molecule has 0 aliphatic carbocycles. The molecule has 118 valence electrons. The van der Waals surface area contributed by atoms with Gasteiger partial charge in [0.05, 0.1) is 17.0 Å². The molecule has 21 heavy (non-hydrogen) atoms. The van der Waals surface area contributed by atoms with E-state index >= 15 is 0 Å². The summed E-state index contributed by atoms with van der Waals surface area (Å²) in [6.07, 6.45) is 0.340. The number of nitrogens with one attached hydrogen (secondary N) is 2. The highest BCUT2D eigenvalue weighted by molar-refractivity contribution is 9.10. The van der Waals surface area contributed by atoms with E-state index in [1.165, 1.54) is 0 Å². The lowest BCUT2D eigenvalue weighted by atomic mass is 10.3. The second kappa shape index (κ2) is 10.5. The van der Waals surface area contributed by atoms with Gasteiger partial charge in [0.25, 0.3) is 0 Å². The van der Waals surface area contributed by atoms with Crippen molar-refractivity contribution in [1.29, 1.82) is 0 Å². The first-order valence-corrected chi connectivity index (χ1v) is 8.34. The van der Waals surface area contributed by atoms with Crippen molar-refractivity contribution < 1.29 is 4.79 Å². The first-order valence-electron chi connectivity index (χ1n) is 5.79. The molecule has 0 aliphatic heterocycles. The molecular weight excluding hydrogens is 417 g/mol. The summed E-state index contributed by atoms with van der Waals surface area (Å²) in [5.74, 6) is 0.0134. The van der Waals surface area contributed by atoms with Gasteiger partial charge in [-0.05, 0) is 29.0 Å². The molecule has 2 aromatic heterocycles. The molecule has 0 radical (unpaired) electrons. The minimum Gasteiger partial charge on any atom is -0.354 e. The van der Waals surface area contributed by atoms with Crippen LogP contribution in [0.3, 0.4) is 0 Å². The lowest BCUT2D eigenvalue weighted by Gasteiger charge is -2.02. The number of rotatable bonds is 6. The van der Waals surface area contributed by atoms with Gasteiger partial charge in [-0.2, -0.15) is 0 Å². The van der Waals surface area contributed by atoms with E-state index in [2.05, 4.69) is 31.5 Å². The van der Waals surface area contributed by atoms with Gasteiger partial charge in [0.2, 0.25) is 5.91 Å². The summed E-state index contributed by atoms with van der Waals surface area (Å²) in [4.78, 5) is 17.3. The number of aromatic nitrogens is 1. The molecule has 2 aromatic rings. The van der Waals surface area contributed by atoms with Gasteiger partial charge >= 0.3 is 0 Å². The van der Waals surface area contributed by atoms with E-state index in [0.717, 1.165) is 26.6 Å². The molecule has 9 heteroatoms. The van der Waals surface area contributed by atoms with Crippen LogP contribution in [-0.4, -0.2) is 31.0 Å². The van der Waals surface area contributed by atoms with E-state index in [0.29, 0.717) is 13.0 Å². The number of nitrogens with zero attached hydrogens (tertiary/aromatic N) is 1. The molecule has 0 saturated carbocycles. The van der Waals surface area contributed by atoms with Crippen molar-refractivity contribution >= 4 is 69.3 Å². The van der Waals surface area contributed by atoms with Crippen molar-refractivity contribution in [3.63, 3.8) is 0 Å². The second-order valence-electron chi connectivity index (χ2n) is 3.90. The first kappa shape index (κ1) is 20.8.